The second kappa shape index (κ2) is 14.7. The number of nitrogens with zero attached hydrogens (tertiary/aromatic N) is 2. The molecule has 1 aromatic carbocycles. The van der Waals surface area contributed by atoms with Crippen LogP contribution in [0.2, 0.25) is 5.02 Å². The summed E-state index contributed by atoms with van der Waals surface area (Å²) in [5.74, 6) is -2.36. The average Bonchev–Trinajstić information content (AvgIpc) is 2.85. The molecule has 1 fully saturated rings. The van der Waals surface area contributed by atoms with Crippen LogP contribution in [0, 0.1) is 0 Å². The minimum Gasteiger partial charge on any atom is -0.493 e. The van der Waals surface area contributed by atoms with E-state index in [-0.39, 0.29) is 12.0 Å². The van der Waals surface area contributed by atoms with Gasteiger partial charge in [0.05, 0.1) is 35.6 Å². The molecule has 5 N–H and O–H groups in total. The predicted molar refractivity (Wildman–Crippen MR) is 133 cm³/mol. The SMILES string of the molecule is CCOc1cc(N)c(Cl)cc1C(=O)NCC1CN(Cc2cccnc2)CCO1.O=C(O)/C=C/C(=O)O. The average molecular weight is 521 g/mol. The molecule has 1 aromatic heterocycles. The van der Waals surface area contributed by atoms with E-state index in [2.05, 4.69) is 21.3 Å². The normalized spacial score (nSPS) is 15.6. The number of morpholine rings is 1. The Morgan fingerprint density at radius 1 is 1.31 bits per heavy atom. The summed E-state index contributed by atoms with van der Waals surface area (Å²) in [6, 6.07) is 7.10. The minimum atomic E-state index is -1.26. The maximum Gasteiger partial charge on any atom is 0.328 e. The van der Waals surface area contributed by atoms with Gasteiger partial charge in [-0.2, -0.15) is 0 Å². The standard InChI is InChI=1S/C20H25ClN4O3.C4H4O4/c1-2-27-19-9-18(22)17(21)8-16(19)20(26)24-11-15-13-25(6-7-28-15)12-14-4-3-5-23-10-14;5-3(6)1-2-4(7)8/h3-5,8-10,15H,2,6-7,11-13,22H2,1H3,(H,24,26);1-2H,(H,5,6)(H,7,8)/b;2-1+. The Kier molecular flexibility index (Phi) is 11.6. The van der Waals surface area contributed by atoms with Gasteiger partial charge >= 0.3 is 11.9 Å². The second-order valence-corrected chi connectivity index (χ2v) is 8.02. The summed E-state index contributed by atoms with van der Waals surface area (Å²) in [4.78, 5) is 38.2. The Morgan fingerprint density at radius 2 is 2.03 bits per heavy atom. The van der Waals surface area contributed by atoms with Gasteiger partial charge in [0.25, 0.3) is 5.91 Å². The van der Waals surface area contributed by atoms with Crippen LogP contribution in [0.1, 0.15) is 22.8 Å². The monoisotopic (exact) mass is 520 g/mol. The zero-order valence-electron chi connectivity index (χ0n) is 19.7. The van der Waals surface area contributed by atoms with E-state index in [0.717, 1.165) is 25.2 Å². The Hall–Kier alpha value is -3.67. The maximum absolute atomic E-state index is 12.7. The number of carboxylic acids is 2. The minimum absolute atomic E-state index is 0.0887. The number of carbonyl (C=O) groups excluding carboxylic acids is 1. The van der Waals surface area contributed by atoms with E-state index in [9.17, 15) is 14.4 Å². The highest BCUT2D eigenvalue weighted by Gasteiger charge is 2.22. The molecule has 3 rings (SSSR count). The van der Waals surface area contributed by atoms with Crippen LogP contribution in [0.3, 0.4) is 0 Å². The van der Waals surface area contributed by atoms with Crippen molar-refractivity contribution < 1.29 is 34.1 Å². The van der Waals surface area contributed by atoms with Gasteiger partial charge in [-0.1, -0.05) is 17.7 Å². The third kappa shape index (κ3) is 9.90. The number of aliphatic carboxylic acids is 2. The number of nitrogens with two attached hydrogens (primary N) is 1. The summed E-state index contributed by atoms with van der Waals surface area (Å²) >= 11 is 6.08. The van der Waals surface area contributed by atoms with Crippen LogP contribution in [0.5, 0.6) is 5.75 Å². The molecule has 11 nitrogen and oxygen atoms in total. The number of benzene rings is 1. The fourth-order valence-corrected chi connectivity index (χ4v) is 3.43. The van der Waals surface area contributed by atoms with Gasteiger partial charge in [-0.3, -0.25) is 14.7 Å². The lowest BCUT2D eigenvalue weighted by Crippen LogP contribution is -2.47. The van der Waals surface area contributed by atoms with Gasteiger partial charge in [0.15, 0.2) is 0 Å². The van der Waals surface area contributed by atoms with Crippen LogP contribution in [-0.2, 0) is 20.9 Å². The number of hydrogen-bond acceptors (Lipinski definition) is 8. The lowest BCUT2D eigenvalue weighted by Gasteiger charge is -2.33. The number of rotatable bonds is 9. The highest BCUT2D eigenvalue weighted by atomic mass is 35.5. The molecule has 0 saturated carbocycles. The number of amides is 1. The number of anilines is 1. The van der Waals surface area contributed by atoms with Gasteiger partial charge in [-0.25, -0.2) is 9.59 Å². The number of nitrogens with one attached hydrogen (secondary N) is 1. The Morgan fingerprint density at radius 3 is 2.64 bits per heavy atom. The second-order valence-electron chi connectivity index (χ2n) is 7.61. The van der Waals surface area contributed by atoms with Crippen molar-refractivity contribution in [2.45, 2.75) is 19.6 Å². The van der Waals surface area contributed by atoms with Crippen molar-refractivity contribution in [1.82, 2.24) is 15.2 Å². The summed E-state index contributed by atoms with van der Waals surface area (Å²) in [5, 5.41) is 18.9. The van der Waals surface area contributed by atoms with Gasteiger partial charge in [0.1, 0.15) is 5.75 Å². The van der Waals surface area contributed by atoms with Crippen LogP contribution >= 0.6 is 11.6 Å². The highest BCUT2D eigenvalue weighted by molar-refractivity contribution is 6.33. The van der Waals surface area contributed by atoms with E-state index < -0.39 is 11.9 Å². The van der Waals surface area contributed by atoms with Crippen molar-refractivity contribution in [3.05, 3.63) is 65.0 Å². The highest BCUT2D eigenvalue weighted by Crippen LogP contribution is 2.29. The van der Waals surface area contributed by atoms with Crippen LogP contribution in [-0.4, -0.2) is 76.9 Å². The summed E-state index contributed by atoms with van der Waals surface area (Å²) < 4.78 is 11.3. The predicted octanol–water partition coefficient (Wildman–Crippen LogP) is 2.06. The van der Waals surface area contributed by atoms with Crippen LogP contribution in [0.25, 0.3) is 0 Å². The topological polar surface area (TPSA) is 164 Å². The van der Waals surface area contributed by atoms with Crippen molar-refractivity contribution in [2.24, 2.45) is 0 Å². The molecule has 1 atom stereocenters. The van der Waals surface area contributed by atoms with Gasteiger partial charge in [0, 0.05) is 56.8 Å². The first-order chi connectivity index (χ1) is 17.2. The molecule has 12 heteroatoms. The molecular formula is C24H29ClN4O7. The molecule has 194 valence electrons. The van der Waals surface area contributed by atoms with E-state index in [0.29, 0.717) is 53.9 Å². The Balaban J connectivity index is 0.000000493. The van der Waals surface area contributed by atoms with E-state index in [1.165, 1.54) is 6.07 Å². The van der Waals surface area contributed by atoms with Crippen LogP contribution in [0.4, 0.5) is 5.69 Å². The van der Waals surface area contributed by atoms with Gasteiger partial charge < -0.3 is 30.7 Å². The van der Waals surface area contributed by atoms with Crippen molar-refractivity contribution in [3.63, 3.8) is 0 Å². The van der Waals surface area contributed by atoms with Gasteiger partial charge in [-0.05, 0) is 24.6 Å². The first-order valence-electron chi connectivity index (χ1n) is 11.1. The lowest BCUT2D eigenvalue weighted by atomic mass is 10.1. The molecule has 1 amide bonds. The van der Waals surface area contributed by atoms with Gasteiger partial charge in [-0.15, -0.1) is 0 Å². The number of carboxylic acid groups (broad SMARTS) is 2. The third-order valence-corrected chi connectivity index (χ3v) is 5.18. The summed E-state index contributed by atoms with van der Waals surface area (Å²) in [7, 11) is 0. The quantitative estimate of drug-likeness (QED) is 0.284. The smallest absolute Gasteiger partial charge is 0.328 e. The number of carbonyl (C=O) groups is 3. The molecule has 0 radical (unpaired) electrons. The number of hydrogen-bond donors (Lipinski definition) is 4. The Labute approximate surface area is 213 Å². The van der Waals surface area contributed by atoms with E-state index >= 15 is 0 Å². The molecule has 2 aromatic rings. The summed E-state index contributed by atoms with van der Waals surface area (Å²) in [6.45, 7) is 5.69. The summed E-state index contributed by atoms with van der Waals surface area (Å²) in [6.07, 6.45) is 4.66. The molecular weight excluding hydrogens is 492 g/mol. The Bertz CT molecular complexity index is 1050. The molecule has 0 bridgehead atoms. The molecule has 0 spiro atoms. The van der Waals surface area contributed by atoms with Crippen molar-refractivity contribution in [3.8, 4) is 5.75 Å². The number of nitrogen functional groups attached to an aromatic ring is 1. The number of pyridine rings is 1. The zero-order valence-corrected chi connectivity index (χ0v) is 20.5. The van der Waals surface area contributed by atoms with Crippen molar-refractivity contribution in [2.75, 3.05) is 38.6 Å². The summed E-state index contributed by atoms with van der Waals surface area (Å²) in [5.41, 5.74) is 7.72. The molecule has 1 saturated heterocycles. The number of ether oxygens (including phenoxy) is 2. The fraction of sp³-hybridized carbons (Fsp3) is 0.333. The molecule has 1 aliphatic heterocycles. The van der Waals surface area contributed by atoms with Crippen LogP contribution < -0.4 is 15.8 Å². The number of aromatic nitrogens is 1. The molecule has 2 heterocycles. The lowest BCUT2D eigenvalue weighted by molar-refractivity contribution is -0.134. The zero-order chi connectivity index (χ0) is 26.5. The number of halogens is 1. The molecule has 36 heavy (non-hydrogen) atoms. The molecule has 1 unspecified atom stereocenters. The van der Waals surface area contributed by atoms with Crippen molar-refractivity contribution >= 4 is 35.1 Å². The molecule has 0 aliphatic carbocycles. The first kappa shape index (κ1) is 28.6. The van der Waals surface area contributed by atoms with Crippen LogP contribution in [0.15, 0.2) is 48.8 Å². The third-order valence-electron chi connectivity index (χ3n) is 4.85. The maximum atomic E-state index is 12.7. The van der Waals surface area contributed by atoms with Crippen molar-refractivity contribution in [1.29, 1.82) is 0 Å². The fourth-order valence-electron chi connectivity index (χ4n) is 3.26. The molecule has 1 aliphatic rings. The van der Waals surface area contributed by atoms with E-state index in [4.69, 9.17) is 37.0 Å². The largest absolute Gasteiger partial charge is 0.493 e. The first-order valence-corrected chi connectivity index (χ1v) is 11.4. The van der Waals surface area contributed by atoms with Gasteiger partial charge in [0.2, 0.25) is 0 Å². The van der Waals surface area contributed by atoms with E-state index in [1.807, 2.05) is 19.2 Å². The van der Waals surface area contributed by atoms with E-state index in [1.54, 1.807) is 12.3 Å².